The molecule has 0 aliphatic carbocycles. The molecule has 68 valence electrons. The van der Waals surface area contributed by atoms with Crippen molar-refractivity contribution >= 4 is 22.6 Å². The van der Waals surface area contributed by atoms with Crippen molar-refractivity contribution in [3.8, 4) is 0 Å². The fraction of sp³-hybridized carbons (Fsp3) is 0.750. The zero-order chi connectivity index (χ0) is 9.35. The van der Waals surface area contributed by atoms with Gasteiger partial charge in [-0.25, -0.2) is 4.98 Å². The molecule has 1 aromatic heterocycles. The lowest BCUT2D eigenvalue weighted by Crippen LogP contribution is -2.21. The van der Waals surface area contributed by atoms with Gasteiger partial charge in [-0.05, 0) is 6.42 Å². The Morgan fingerprint density at radius 1 is 1.50 bits per heavy atom. The van der Waals surface area contributed by atoms with Gasteiger partial charge in [0.1, 0.15) is 5.82 Å². The van der Waals surface area contributed by atoms with E-state index in [1.54, 1.807) is 0 Å². The van der Waals surface area contributed by atoms with E-state index in [1.165, 1.54) is 0 Å². The molecule has 0 saturated carbocycles. The van der Waals surface area contributed by atoms with Gasteiger partial charge in [-0.1, -0.05) is 20.8 Å². The third-order valence-corrected chi connectivity index (χ3v) is 2.68. The largest absolute Gasteiger partial charge is 0.251 e. The maximum absolute atomic E-state index is 4.39. The quantitative estimate of drug-likeness (QED) is 0.776. The molecule has 0 radical (unpaired) electrons. The van der Waals surface area contributed by atoms with Gasteiger partial charge in [-0.15, -0.1) is 5.10 Å². The molecule has 1 rings (SSSR count). The molecule has 1 heterocycles. The first-order valence-corrected chi connectivity index (χ1v) is 5.12. The molecule has 0 saturated heterocycles. The van der Waals surface area contributed by atoms with E-state index < -0.39 is 0 Å². The van der Waals surface area contributed by atoms with E-state index in [0.29, 0.717) is 0 Å². The summed E-state index contributed by atoms with van der Waals surface area (Å²) in [5.74, 6) is 1.06. The number of halogens is 1. The normalized spacial score (nSPS) is 12.1. The summed E-state index contributed by atoms with van der Waals surface area (Å²) in [5.41, 5.74) is 0.130. The highest BCUT2D eigenvalue weighted by Crippen LogP contribution is 2.24. The van der Waals surface area contributed by atoms with Gasteiger partial charge in [-0.2, -0.15) is 0 Å². The minimum absolute atomic E-state index is 0.130. The summed E-state index contributed by atoms with van der Waals surface area (Å²) in [5, 5.41) is 4.22. The molecule has 0 aliphatic rings. The van der Waals surface area contributed by atoms with E-state index in [1.807, 2.05) is 11.7 Å². The van der Waals surface area contributed by atoms with Crippen molar-refractivity contribution in [2.24, 2.45) is 7.05 Å². The maximum atomic E-state index is 4.39. The van der Waals surface area contributed by atoms with Crippen LogP contribution in [0.3, 0.4) is 0 Å². The van der Waals surface area contributed by atoms with E-state index in [2.05, 4.69) is 53.4 Å². The van der Waals surface area contributed by atoms with E-state index in [0.717, 1.165) is 16.1 Å². The third-order valence-electron chi connectivity index (χ3n) is 2.23. The average Bonchev–Trinajstić information content (AvgIpc) is 2.31. The first kappa shape index (κ1) is 9.95. The van der Waals surface area contributed by atoms with Gasteiger partial charge >= 0.3 is 0 Å². The highest BCUT2D eigenvalue weighted by Gasteiger charge is 2.24. The fourth-order valence-electron chi connectivity index (χ4n) is 1.10. The van der Waals surface area contributed by atoms with Crippen LogP contribution in [0.15, 0.2) is 0 Å². The predicted octanol–water partition coefficient (Wildman–Crippen LogP) is 2.11. The average molecular weight is 279 g/mol. The third kappa shape index (κ3) is 1.78. The van der Waals surface area contributed by atoms with Gasteiger partial charge in [0.2, 0.25) is 3.83 Å². The van der Waals surface area contributed by atoms with E-state index in [4.69, 9.17) is 0 Å². The Balaban J connectivity index is 3.09. The predicted molar refractivity (Wildman–Crippen MR) is 57.0 cm³/mol. The van der Waals surface area contributed by atoms with Gasteiger partial charge in [0.15, 0.2) is 0 Å². The minimum atomic E-state index is 0.130. The summed E-state index contributed by atoms with van der Waals surface area (Å²) in [4.78, 5) is 4.39. The fourth-order valence-corrected chi connectivity index (χ4v) is 1.65. The van der Waals surface area contributed by atoms with Crippen molar-refractivity contribution in [2.45, 2.75) is 32.6 Å². The summed E-state index contributed by atoms with van der Waals surface area (Å²) < 4.78 is 2.69. The van der Waals surface area contributed by atoms with Crippen molar-refractivity contribution < 1.29 is 0 Å². The summed E-state index contributed by atoms with van der Waals surface area (Å²) in [6.45, 7) is 6.54. The first-order valence-electron chi connectivity index (χ1n) is 4.04. The molecule has 3 nitrogen and oxygen atoms in total. The molecule has 0 spiro atoms. The highest BCUT2D eigenvalue weighted by molar-refractivity contribution is 14.1. The Kier molecular flexibility index (Phi) is 2.75. The lowest BCUT2D eigenvalue weighted by atomic mass is 9.89. The molecule has 0 atom stereocenters. The van der Waals surface area contributed by atoms with Crippen molar-refractivity contribution in [1.29, 1.82) is 0 Å². The van der Waals surface area contributed by atoms with Crippen LogP contribution in [-0.2, 0) is 12.5 Å². The van der Waals surface area contributed by atoms with Crippen LogP contribution in [0.2, 0.25) is 0 Å². The van der Waals surface area contributed by atoms with Crippen LogP contribution >= 0.6 is 22.6 Å². The number of aromatic nitrogens is 3. The Labute approximate surface area is 86.7 Å². The van der Waals surface area contributed by atoms with Crippen LogP contribution in [0, 0.1) is 3.83 Å². The molecule has 12 heavy (non-hydrogen) atoms. The smallest absolute Gasteiger partial charge is 0.211 e. The molecule has 0 aliphatic heterocycles. The zero-order valence-corrected chi connectivity index (χ0v) is 10.1. The lowest BCUT2D eigenvalue weighted by molar-refractivity contribution is 0.447. The molecule has 0 N–H and O–H groups in total. The van der Waals surface area contributed by atoms with Crippen molar-refractivity contribution in [3.63, 3.8) is 0 Å². The number of aryl methyl sites for hydroxylation is 1. The number of nitrogens with zero attached hydrogens (tertiary/aromatic N) is 3. The molecular weight excluding hydrogens is 265 g/mol. The van der Waals surface area contributed by atoms with Crippen molar-refractivity contribution in [1.82, 2.24) is 14.8 Å². The second-order valence-electron chi connectivity index (χ2n) is 3.57. The molecule has 0 amide bonds. The van der Waals surface area contributed by atoms with Crippen molar-refractivity contribution in [2.75, 3.05) is 0 Å². The highest BCUT2D eigenvalue weighted by atomic mass is 127. The molecule has 0 aromatic carbocycles. The van der Waals surface area contributed by atoms with Gasteiger partial charge < -0.3 is 0 Å². The van der Waals surface area contributed by atoms with Gasteiger partial charge in [-0.3, -0.25) is 4.68 Å². The molecule has 4 heteroatoms. The summed E-state index contributed by atoms with van der Waals surface area (Å²) >= 11 is 2.14. The summed E-state index contributed by atoms with van der Waals surface area (Å²) in [6, 6.07) is 0. The van der Waals surface area contributed by atoms with Gasteiger partial charge in [0.05, 0.1) is 0 Å². The number of hydrogen-bond acceptors (Lipinski definition) is 2. The van der Waals surface area contributed by atoms with Crippen LogP contribution in [0.5, 0.6) is 0 Å². The minimum Gasteiger partial charge on any atom is -0.251 e. The zero-order valence-electron chi connectivity index (χ0n) is 7.93. The van der Waals surface area contributed by atoms with Crippen LogP contribution in [0.4, 0.5) is 0 Å². The van der Waals surface area contributed by atoms with Crippen LogP contribution < -0.4 is 0 Å². The maximum Gasteiger partial charge on any atom is 0.211 e. The molecular formula is C8H14IN3. The number of rotatable bonds is 2. The van der Waals surface area contributed by atoms with E-state index >= 15 is 0 Å². The molecule has 1 aromatic rings. The van der Waals surface area contributed by atoms with E-state index in [9.17, 15) is 0 Å². The second kappa shape index (κ2) is 3.32. The van der Waals surface area contributed by atoms with E-state index in [-0.39, 0.29) is 5.41 Å². The Bertz CT molecular complexity index is 278. The van der Waals surface area contributed by atoms with Gasteiger partial charge in [0, 0.05) is 35.1 Å². The Hall–Kier alpha value is -0.130. The lowest BCUT2D eigenvalue weighted by Gasteiger charge is -2.20. The topological polar surface area (TPSA) is 30.7 Å². The second-order valence-corrected chi connectivity index (χ2v) is 4.53. The summed E-state index contributed by atoms with van der Waals surface area (Å²) in [6.07, 6.45) is 1.08. The Morgan fingerprint density at radius 3 is 2.42 bits per heavy atom. The Morgan fingerprint density at radius 2 is 2.08 bits per heavy atom. The molecule has 0 fully saturated rings. The first-order chi connectivity index (χ1) is 5.47. The number of hydrogen-bond donors (Lipinski definition) is 0. The SMILES string of the molecule is CCC(C)(C)c1nc(I)nn1C. The van der Waals surface area contributed by atoms with Crippen LogP contribution in [-0.4, -0.2) is 14.8 Å². The molecule has 0 unspecified atom stereocenters. The van der Waals surface area contributed by atoms with Crippen molar-refractivity contribution in [3.05, 3.63) is 9.66 Å². The van der Waals surface area contributed by atoms with Crippen LogP contribution in [0.25, 0.3) is 0 Å². The monoisotopic (exact) mass is 279 g/mol. The molecule has 0 bridgehead atoms. The standard InChI is InChI=1S/C8H14IN3/c1-5-8(2,3)6-10-7(9)11-12(6)4/h5H2,1-4H3. The summed E-state index contributed by atoms with van der Waals surface area (Å²) in [7, 11) is 1.95. The van der Waals surface area contributed by atoms with Crippen LogP contribution in [0.1, 0.15) is 33.0 Å². The van der Waals surface area contributed by atoms with Gasteiger partial charge in [0.25, 0.3) is 0 Å².